The minimum absolute atomic E-state index is 0.247. The van der Waals surface area contributed by atoms with Crippen molar-refractivity contribution in [3.05, 3.63) is 52.2 Å². The molecule has 7 heteroatoms. The zero-order chi connectivity index (χ0) is 17.6. The number of fused-ring (bicyclic) bond motifs is 1. The lowest BCUT2D eigenvalue weighted by atomic mass is 9.95. The maximum atomic E-state index is 12.8. The molecule has 6 nitrogen and oxygen atoms in total. The van der Waals surface area contributed by atoms with E-state index < -0.39 is 17.5 Å². The molecule has 1 aromatic carbocycles. The Morgan fingerprint density at radius 2 is 2.08 bits per heavy atom. The molecule has 25 heavy (non-hydrogen) atoms. The largest absolute Gasteiger partial charge is 0.325 e. The maximum absolute atomic E-state index is 12.8. The van der Waals surface area contributed by atoms with Crippen LogP contribution in [0.2, 0.25) is 0 Å². The second kappa shape index (κ2) is 5.70. The normalized spacial score (nSPS) is 22.3. The van der Waals surface area contributed by atoms with Gasteiger partial charge in [0.1, 0.15) is 12.1 Å². The van der Waals surface area contributed by atoms with Gasteiger partial charge in [0.05, 0.1) is 0 Å². The zero-order valence-electron chi connectivity index (χ0n) is 13.7. The van der Waals surface area contributed by atoms with Crippen molar-refractivity contribution in [2.45, 2.75) is 18.9 Å². The third-order valence-corrected chi connectivity index (χ3v) is 5.54. The number of benzene rings is 1. The lowest BCUT2D eigenvalue weighted by Crippen LogP contribution is -2.44. The number of hydrogen-bond acceptors (Lipinski definition) is 4. The number of nitrogens with zero attached hydrogens (tertiary/aromatic N) is 2. The van der Waals surface area contributed by atoms with Gasteiger partial charge in [-0.25, -0.2) is 4.79 Å². The second-order valence-corrected chi connectivity index (χ2v) is 7.16. The van der Waals surface area contributed by atoms with Gasteiger partial charge in [-0.05, 0) is 47.4 Å². The molecule has 128 valence electrons. The van der Waals surface area contributed by atoms with Crippen LogP contribution in [0.5, 0.6) is 0 Å². The number of nitrogens with one attached hydrogen (secondary N) is 1. The summed E-state index contributed by atoms with van der Waals surface area (Å²) in [6, 6.07) is 8.98. The molecule has 0 unspecified atom stereocenters. The van der Waals surface area contributed by atoms with E-state index in [4.69, 9.17) is 0 Å². The molecule has 0 bridgehead atoms. The van der Waals surface area contributed by atoms with Crippen LogP contribution in [0, 0.1) is 0 Å². The molecule has 1 N–H and O–H groups in total. The monoisotopic (exact) mass is 355 g/mol. The number of thiophene rings is 1. The molecule has 1 atom stereocenters. The molecule has 4 amide bonds. The Balaban J connectivity index is 1.55. The average molecular weight is 355 g/mol. The summed E-state index contributed by atoms with van der Waals surface area (Å²) in [5, 5.41) is 6.41. The number of urea groups is 1. The molecule has 1 fully saturated rings. The van der Waals surface area contributed by atoms with Crippen molar-refractivity contribution in [3.63, 3.8) is 0 Å². The Bertz CT molecular complexity index is 864. The van der Waals surface area contributed by atoms with Gasteiger partial charge in [0, 0.05) is 12.2 Å². The number of imide groups is 1. The van der Waals surface area contributed by atoms with Crippen molar-refractivity contribution in [2.75, 3.05) is 18.0 Å². The van der Waals surface area contributed by atoms with E-state index in [0.29, 0.717) is 6.54 Å². The fraction of sp³-hybridized carbons (Fsp3) is 0.278. The molecule has 2 aromatic rings. The van der Waals surface area contributed by atoms with Crippen LogP contribution in [-0.2, 0) is 21.5 Å². The fourth-order valence-corrected chi connectivity index (χ4v) is 4.17. The topological polar surface area (TPSA) is 69.7 Å². The highest BCUT2D eigenvalue weighted by Gasteiger charge is 2.50. The van der Waals surface area contributed by atoms with Crippen molar-refractivity contribution < 1.29 is 14.4 Å². The number of anilines is 1. The average Bonchev–Trinajstić information content (AvgIpc) is 3.31. The SMILES string of the molecule is C[C@@]1(c2ccsc2)NC(=O)N(CC(=O)N2CCc3ccccc32)C1=O. The molecule has 4 rings (SSSR count). The number of hydrogen-bond donors (Lipinski definition) is 1. The first-order chi connectivity index (χ1) is 12.0. The molecule has 0 spiro atoms. The summed E-state index contributed by atoms with van der Waals surface area (Å²) in [6.07, 6.45) is 0.786. The molecule has 0 aliphatic carbocycles. The highest BCUT2D eigenvalue weighted by atomic mass is 32.1. The van der Waals surface area contributed by atoms with Gasteiger partial charge in [0.2, 0.25) is 5.91 Å². The first-order valence-corrected chi connectivity index (χ1v) is 9.00. The number of carbonyl (C=O) groups is 3. The summed E-state index contributed by atoms with van der Waals surface area (Å²) in [4.78, 5) is 40.5. The van der Waals surface area contributed by atoms with Gasteiger partial charge in [-0.2, -0.15) is 11.3 Å². The number of carbonyl (C=O) groups excluding carboxylic acids is 3. The van der Waals surface area contributed by atoms with Crippen molar-refractivity contribution in [3.8, 4) is 0 Å². The van der Waals surface area contributed by atoms with E-state index in [1.54, 1.807) is 11.8 Å². The van der Waals surface area contributed by atoms with E-state index in [0.717, 1.165) is 28.1 Å². The number of para-hydroxylation sites is 1. The number of rotatable bonds is 3. The second-order valence-electron chi connectivity index (χ2n) is 6.38. The van der Waals surface area contributed by atoms with Gasteiger partial charge in [0.25, 0.3) is 5.91 Å². The molecule has 1 aromatic heterocycles. The van der Waals surface area contributed by atoms with E-state index in [2.05, 4.69) is 5.32 Å². The van der Waals surface area contributed by atoms with Gasteiger partial charge in [-0.3, -0.25) is 14.5 Å². The van der Waals surface area contributed by atoms with Gasteiger partial charge in [-0.1, -0.05) is 18.2 Å². The highest BCUT2D eigenvalue weighted by Crippen LogP contribution is 2.31. The first-order valence-electron chi connectivity index (χ1n) is 8.06. The van der Waals surface area contributed by atoms with E-state index in [1.807, 2.05) is 41.1 Å². The molecule has 3 heterocycles. The molecular formula is C18H17N3O3S. The van der Waals surface area contributed by atoms with Gasteiger partial charge < -0.3 is 10.2 Å². The molecular weight excluding hydrogens is 338 g/mol. The van der Waals surface area contributed by atoms with Crippen LogP contribution in [0.1, 0.15) is 18.1 Å². The quantitative estimate of drug-likeness (QED) is 0.858. The first kappa shape index (κ1) is 15.8. The zero-order valence-corrected chi connectivity index (χ0v) is 14.5. The van der Waals surface area contributed by atoms with Crippen molar-refractivity contribution >= 4 is 34.9 Å². The van der Waals surface area contributed by atoms with Crippen LogP contribution in [0.15, 0.2) is 41.1 Å². The van der Waals surface area contributed by atoms with Gasteiger partial charge >= 0.3 is 6.03 Å². The van der Waals surface area contributed by atoms with E-state index in [9.17, 15) is 14.4 Å². The molecule has 1 saturated heterocycles. The van der Waals surface area contributed by atoms with Crippen LogP contribution < -0.4 is 10.2 Å². The van der Waals surface area contributed by atoms with E-state index in [-0.39, 0.29) is 12.5 Å². The van der Waals surface area contributed by atoms with Crippen LogP contribution in [0.4, 0.5) is 10.5 Å². The minimum Gasteiger partial charge on any atom is -0.319 e. The van der Waals surface area contributed by atoms with Crippen LogP contribution in [-0.4, -0.2) is 35.8 Å². The Labute approximate surface area is 149 Å². The van der Waals surface area contributed by atoms with E-state index >= 15 is 0 Å². The lowest BCUT2D eigenvalue weighted by molar-refractivity contribution is -0.134. The predicted octanol–water partition coefficient (Wildman–Crippen LogP) is 2.10. The highest BCUT2D eigenvalue weighted by molar-refractivity contribution is 7.08. The van der Waals surface area contributed by atoms with Crippen molar-refractivity contribution in [1.82, 2.24) is 10.2 Å². The Morgan fingerprint density at radius 1 is 1.28 bits per heavy atom. The third-order valence-electron chi connectivity index (χ3n) is 4.86. The third kappa shape index (κ3) is 2.42. The maximum Gasteiger partial charge on any atom is 0.325 e. The summed E-state index contributed by atoms with van der Waals surface area (Å²) >= 11 is 1.46. The van der Waals surface area contributed by atoms with Crippen molar-refractivity contribution in [2.24, 2.45) is 0 Å². The summed E-state index contributed by atoms with van der Waals surface area (Å²) in [5.41, 5.74) is 1.59. The predicted molar refractivity (Wildman–Crippen MR) is 94.4 cm³/mol. The van der Waals surface area contributed by atoms with Crippen LogP contribution in [0.25, 0.3) is 0 Å². The molecule has 2 aliphatic heterocycles. The molecule has 0 saturated carbocycles. The summed E-state index contributed by atoms with van der Waals surface area (Å²) in [7, 11) is 0. The van der Waals surface area contributed by atoms with Gasteiger partial charge in [0.15, 0.2) is 0 Å². The van der Waals surface area contributed by atoms with Crippen LogP contribution >= 0.6 is 11.3 Å². The van der Waals surface area contributed by atoms with Crippen LogP contribution in [0.3, 0.4) is 0 Å². The summed E-state index contributed by atoms with van der Waals surface area (Å²) in [6.45, 7) is 1.99. The summed E-state index contributed by atoms with van der Waals surface area (Å²) < 4.78 is 0. The molecule has 2 aliphatic rings. The standard InChI is InChI=1S/C18H17N3O3S/c1-18(13-7-9-25-11-13)16(23)21(17(24)19-18)10-15(22)20-8-6-12-4-2-3-5-14(12)20/h2-5,7,9,11H,6,8,10H2,1H3,(H,19,24)/t18-/m0/s1. The number of amides is 4. The Morgan fingerprint density at radius 3 is 2.84 bits per heavy atom. The lowest BCUT2D eigenvalue weighted by Gasteiger charge is -2.22. The Kier molecular flexibility index (Phi) is 3.61. The van der Waals surface area contributed by atoms with Crippen molar-refractivity contribution in [1.29, 1.82) is 0 Å². The Hall–Kier alpha value is -2.67. The smallest absolute Gasteiger partial charge is 0.319 e. The summed E-state index contributed by atoms with van der Waals surface area (Å²) in [5.74, 6) is -0.639. The molecule has 0 radical (unpaired) electrons. The fourth-order valence-electron chi connectivity index (χ4n) is 3.40. The van der Waals surface area contributed by atoms with E-state index in [1.165, 1.54) is 11.3 Å². The minimum atomic E-state index is -1.11. The van der Waals surface area contributed by atoms with Gasteiger partial charge in [-0.15, -0.1) is 0 Å².